The van der Waals surface area contributed by atoms with Crippen LogP contribution in [0.15, 0.2) is 24.3 Å². The highest BCUT2D eigenvalue weighted by molar-refractivity contribution is 5.79. The Labute approximate surface area is 125 Å². The second kappa shape index (κ2) is 8.00. The Hall–Kier alpha value is -1.59. The third kappa shape index (κ3) is 5.02. The van der Waals surface area contributed by atoms with E-state index in [2.05, 4.69) is 0 Å². The Morgan fingerprint density at radius 1 is 1.38 bits per heavy atom. The van der Waals surface area contributed by atoms with Crippen LogP contribution in [-0.2, 0) is 16.0 Å². The minimum absolute atomic E-state index is 0.112. The molecule has 5 nitrogen and oxygen atoms in total. The summed E-state index contributed by atoms with van der Waals surface area (Å²) < 4.78 is 5.73. The first-order valence-electron chi connectivity index (χ1n) is 7.56. The molecule has 0 saturated carbocycles. The molecular formula is C16H24N2O3. The molecule has 5 heteroatoms. The van der Waals surface area contributed by atoms with Crippen molar-refractivity contribution >= 4 is 5.91 Å². The SMILES string of the molecule is NCCCOC1CCN(C(=O)Cc2cccc(O)c2)CC1. The molecule has 1 saturated heterocycles. The Kier molecular flexibility index (Phi) is 6.02. The predicted octanol–water partition coefficient (Wildman–Crippen LogP) is 1.29. The van der Waals surface area contributed by atoms with Gasteiger partial charge in [0.15, 0.2) is 0 Å². The maximum Gasteiger partial charge on any atom is 0.226 e. The predicted molar refractivity (Wildman–Crippen MR) is 81.0 cm³/mol. The number of hydrogen-bond acceptors (Lipinski definition) is 4. The molecule has 2 rings (SSSR count). The van der Waals surface area contributed by atoms with Gasteiger partial charge >= 0.3 is 0 Å². The van der Waals surface area contributed by atoms with Gasteiger partial charge in [-0.15, -0.1) is 0 Å². The van der Waals surface area contributed by atoms with Gasteiger partial charge in [-0.1, -0.05) is 12.1 Å². The van der Waals surface area contributed by atoms with Crippen molar-refractivity contribution in [1.29, 1.82) is 0 Å². The summed E-state index contributed by atoms with van der Waals surface area (Å²) in [6, 6.07) is 6.87. The van der Waals surface area contributed by atoms with E-state index < -0.39 is 0 Å². The van der Waals surface area contributed by atoms with Crippen molar-refractivity contribution in [3.05, 3.63) is 29.8 Å². The van der Waals surface area contributed by atoms with Gasteiger partial charge in [0.1, 0.15) is 5.75 Å². The first-order chi connectivity index (χ1) is 10.2. The lowest BCUT2D eigenvalue weighted by Crippen LogP contribution is -2.41. The van der Waals surface area contributed by atoms with Gasteiger partial charge in [0.05, 0.1) is 12.5 Å². The van der Waals surface area contributed by atoms with Crippen LogP contribution >= 0.6 is 0 Å². The molecule has 1 aromatic rings. The summed E-state index contributed by atoms with van der Waals surface area (Å²) in [5.74, 6) is 0.313. The largest absolute Gasteiger partial charge is 0.508 e. The fraction of sp³-hybridized carbons (Fsp3) is 0.562. The summed E-state index contributed by atoms with van der Waals surface area (Å²) in [6.07, 6.45) is 3.25. The third-order valence-corrected chi connectivity index (χ3v) is 3.76. The lowest BCUT2D eigenvalue weighted by atomic mass is 10.1. The molecule has 0 aromatic heterocycles. The zero-order valence-electron chi connectivity index (χ0n) is 12.3. The number of hydrogen-bond donors (Lipinski definition) is 2. The zero-order valence-corrected chi connectivity index (χ0v) is 12.3. The van der Waals surface area contributed by atoms with E-state index in [1.165, 1.54) is 0 Å². The number of nitrogens with zero attached hydrogens (tertiary/aromatic N) is 1. The summed E-state index contributed by atoms with van der Waals surface area (Å²) in [4.78, 5) is 14.1. The highest BCUT2D eigenvalue weighted by atomic mass is 16.5. The number of benzene rings is 1. The molecule has 0 radical (unpaired) electrons. The molecule has 1 amide bonds. The summed E-state index contributed by atoms with van der Waals surface area (Å²) in [5, 5.41) is 9.42. The number of aromatic hydroxyl groups is 1. The molecule has 0 spiro atoms. The maximum atomic E-state index is 12.2. The lowest BCUT2D eigenvalue weighted by Gasteiger charge is -2.32. The van der Waals surface area contributed by atoms with Gasteiger partial charge in [0.2, 0.25) is 5.91 Å². The maximum absolute atomic E-state index is 12.2. The van der Waals surface area contributed by atoms with Crippen molar-refractivity contribution in [2.75, 3.05) is 26.2 Å². The van der Waals surface area contributed by atoms with E-state index in [-0.39, 0.29) is 17.8 Å². The number of carbonyl (C=O) groups is 1. The number of likely N-dealkylation sites (tertiary alicyclic amines) is 1. The highest BCUT2D eigenvalue weighted by Gasteiger charge is 2.23. The van der Waals surface area contributed by atoms with E-state index in [1.807, 2.05) is 11.0 Å². The highest BCUT2D eigenvalue weighted by Crippen LogP contribution is 2.17. The van der Waals surface area contributed by atoms with Crippen LogP contribution in [0.4, 0.5) is 0 Å². The lowest BCUT2D eigenvalue weighted by molar-refractivity contribution is -0.133. The molecule has 1 fully saturated rings. The second-order valence-electron chi connectivity index (χ2n) is 5.44. The van der Waals surface area contributed by atoms with Crippen LogP contribution in [0.1, 0.15) is 24.8 Å². The zero-order chi connectivity index (χ0) is 15.1. The van der Waals surface area contributed by atoms with Crippen LogP contribution in [0.2, 0.25) is 0 Å². The van der Waals surface area contributed by atoms with Crippen molar-refractivity contribution in [2.24, 2.45) is 5.73 Å². The molecule has 0 bridgehead atoms. The monoisotopic (exact) mass is 292 g/mol. The number of nitrogens with two attached hydrogens (primary N) is 1. The second-order valence-corrected chi connectivity index (χ2v) is 5.44. The number of phenols is 1. The average Bonchev–Trinajstić information content (AvgIpc) is 2.48. The summed E-state index contributed by atoms with van der Waals surface area (Å²) in [7, 11) is 0. The van der Waals surface area contributed by atoms with Crippen LogP contribution in [0, 0.1) is 0 Å². The van der Waals surface area contributed by atoms with Crippen molar-refractivity contribution in [3.63, 3.8) is 0 Å². The van der Waals surface area contributed by atoms with E-state index in [0.717, 1.165) is 37.9 Å². The van der Waals surface area contributed by atoms with Crippen molar-refractivity contribution in [1.82, 2.24) is 4.90 Å². The molecule has 1 heterocycles. The van der Waals surface area contributed by atoms with E-state index in [1.54, 1.807) is 18.2 Å². The molecule has 1 aromatic carbocycles. The topological polar surface area (TPSA) is 75.8 Å². The minimum atomic E-state index is 0.112. The van der Waals surface area contributed by atoms with Gasteiger partial charge in [0.25, 0.3) is 0 Å². The van der Waals surface area contributed by atoms with Crippen molar-refractivity contribution in [2.45, 2.75) is 31.8 Å². The van der Waals surface area contributed by atoms with E-state index in [9.17, 15) is 9.90 Å². The van der Waals surface area contributed by atoms with Gasteiger partial charge in [-0.3, -0.25) is 4.79 Å². The Bertz CT molecular complexity index is 457. The van der Waals surface area contributed by atoms with Gasteiger partial charge in [-0.2, -0.15) is 0 Å². The first kappa shape index (κ1) is 15.8. The first-order valence-corrected chi connectivity index (χ1v) is 7.56. The molecule has 116 valence electrons. The summed E-state index contributed by atoms with van der Waals surface area (Å²) in [6.45, 7) is 2.84. The normalized spacial score (nSPS) is 16.1. The standard InChI is InChI=1S/C16H24N2O3/c17-7-2-10-21-15-5-8-18(9-6-15)16(20)12-13-3-1-4-14(19)11-13/h1,3-4,11,15,19H,2,5-10,12,17H2. The van der Waals surface area contributed by atoms with Crippen LogP contribution in [0.5, 0.6) is 5.75 Å². The number of piperidine rings is 1. The van der Waals surface area contributed by atoms with Gasteiger partial charge in [0, 0.05) is 19.7 Å². The molecule has 21 heavy (non-hydrogen) atoms. The molecule has 1 aliphatic heterocycles. The quantitative estimate of drug-likeness (QED) is 0.775. The molecule has 0 aliphatic carbocycles. The molecule has 3 N–H and O–H groups in total. The fourth-order valence-electron chi connectivity index (χ4n) is 2.56. The van der Waals surface area contributed by atoms with Crippen LogP contribution in [0.25, 0.3) is 0 Å². The van der Waals surface area contributed by atoms with E-state index in [4.69, 9.17) is 10.5 Å². The van der Waals surface area contributed by atoms with E-state index >= 15 is 0 Å². The molecule has 0 atom stereocenters. The Morgan fingerprint density at radius 3 is 2.81 bits per heavy atom. The number of carbonyl (C=O) groups excluding carboxylic acids is 1. The Morgan fingerprint density at radius 2 is 2.14 bits per heavy atom. The average molecular weight is 292 g/mol. The van der Waals surface area contributed by atoms with Crippen LogP contribution in [-0.4, -0.2) is 48.3 Å². The van der Waals surface area contributed by atoms with Crippen LogP contribution in [0.3, 0.4) is 0 Å². The van der Waals surface area contributed by atoms with Gasteiger partial charge < -0.3 is 20.5 Å². The summed E-state index contributed by atoms with van der Waals surface area (Å²) in [5.41, 5.74) is 6.29. The third-order valence-electron chi connectivity index (χ3n) is 3.76. The molecular weight excluding hydrogens is 268 g/mol. The molecule has 0 unspecified atom stereocenters. The fourth-order valence-corrected chi connectivity index (χ4v) is 2.56. The van der Waals surface area contributed by atoms with Crippen molar-refractivity contribution < 1.29 is 14.6 Å². The van der Waals surface area contributed by atoms with Crippen molar-refractivity contribution in [3.8, 4) is 5.75 Å². The number of phenolic OH excluding ortho intramolecular Hbond substituents is 1. The smallest absolute Gasteiger partial charge is 0.226 e. The van der Waals surface area contributed by atoms with E-state index in [0.29, 0.717) is 19.6 Å². The number of amides is 1. The van der Waals surface area contributed by atoms with Gasteiger partial charge in [-0.05, 0) is 43.5 Å². The number of rotatable bonds is 6. The molecule has 1 aliphatic rings. The summed E-state index contributed by atoms with van der Waals surface area (Å²) >= 11 is 0. The number of ether oxygens (including phenoxy) is 1. The Balaban J connectivity index is 1.75. The van der Waals surface area contributed by atoms with Crippen LogP contribution < -0.4 is 5.73 Å². The van der Waals surface area contributed by atoms with Gasteiger partial charge in [-0.25, -0.2) is 0 Å². The minimum Gasteiger partial charge on any atom is -0.508 e.